The monoisotopic (exact) mass is 387 g/mol. The Bertz CT molecular complexity index is 1120. The lowest BCUT2D eigenvalue weighted by molar-refractivity contribution is 0.213. The van der Waals surface area contributed by atoms with Crippen molar-refractivity contribution < 1.29 is 5.11 Å². The number of aliphatic hydroxyl groups excluding tert-OH is 1. The Balaban J connectivity index is 1.88. The van der Waals surface area contributed by atoms with Gasteiger partial charge in [-0.05, 0) is 25.1 Å². The second kappa shape index (κ2) is 6.39. The molecule has 4 aromatic rings. The first kappa shape index (κ1) is 17.0. The van der Waals surface area contributed by atoms with Crippen LogP contribution in [0.4, 0.5) is 0 Å². The summed E-state index contributed by atoms with van der Waals surface area (Å²) in [6.07, 6.45) is 6.15. The average Bonchev–Trinajstić information content (AvgIpc) is 3.18. The van der Waals surface area contributed by atoms with Crippen molar-refractivity contribution in [3.8, 4) is 11.3 Å². The molecule has 0 saturated carbocycles. The molecule has 26 heavy (non-hydrogen) atoms. The Morgan fingerprint density at radius 3 is 2.69 bits per heavy atom. The lowest BCUT2D eigenvalue weighted by atomic mass is 10.1. The summed E-state index contributed by atoms with van der Waals surface area (Å²) in [4.78, 5) is 8.94. The van der Waals surface area contributed by atoms with E-state index in [9.17, 15) is 5.11 Å². The van der Waals surface area contributed by atoms with Crippen LogP contribution in [0, 0.1) is 6.92 Å². The molecule has 1 unspecified atom stereocenters. The van der Waals surface area contributed by atoms with E-state index in [1.165, 1.54) is 0 Å². The summed E-state index contributed by atoms with van der Waals surface area (Å²) in [6, 6.07) is 5.02. The Morgan fingerprint density at radius 2 is 1.96 bits per heavy atom. The summed E-state index contributed by atoms with van der Waals surface area (Å²) >= 11 is 12.3. The molecule has 1 N–H and O–H groups in total. The van der Waals surface area contributed by atoms with E-state index in [-0.39, 0.29) is 0 Å². The molecule has 1 atom stereocenters. The number of halogens is 2. The van der Waals surface area contributed by atoms with Crippen LogP contribution in [0.15, 0.2) is 43.0 Å². The predicted octanol–water partition coefficient (Wildman–Crippen LogP) is 3.83. The van der Waals surface area contributed by atoms with E-state index in [0.717, 1.165) is 11.3 Å². The first-order valence-corrected chi connectivity index (χ1v) is 8.66. The van der Waals surface area contributed by atoms with Crippen molar-refractivity contribution in [2.24, 2.45) is 7.05 Å². The van der Waals surface area contributed by atoms with Crippen LogP contribution in [0.1, 0.15) is 23.1 Å². The highest BCUT2D eigenvalue weighted by Gasteiger charge is 2.22. The van der Waals surface area contributed by atoms with Crippen molar-refractivity contribution >= 4 is 28.8 Å². The van der Waals surface area contributed by atoms with Gasteiger partial charge in [-0.3, -0.25) is 14.1 Å². The topological polar surface area (TPSA) is 68.2 Å². The molecule has 0 aliphatic rings. The number of fused-ring (bicyclic) bond motifs is 1. The summed E-state index contributed by atoms with van der Waals surface area (Å²) in [6.45, 7) is 1.84. The molecule has 3 heterocycles. The standard InChI is InChI=1S/C18H15Cl2N5O/c1-10-17(18(26)13-5-12(19)3-4-14(13)20)25-9-15(21-7-16(25)23-10)11-6-22-24(2)8-11/h3-9,18,26H,1-2H3. The van der Waals surface area contributed by atoms with Crippen molar-refractivity contribution in [3.63, 3.8) is 0 Å². The SMILES string of the molecule is Cc1nc2cnc(-c3cnn(C)c3)cn2c1C(O)c1cc(Cl)ccc1Cl. The minimum atomic E-state index is -0.972. The quantitative estimate of drug-likeness (QED) is 0.579. The molecule has 0 spiro atoms. The fourth-order valence-electron chi connectivity index (χ4n) is 2.99. The lowest BCUT2D eigenvalue weighted by Gasteiger charge is -2.14. The van der Waals surface area contributed by atoms with Crippen molar-refractivity contribution in [2.75, 3.05) is 0 Å². The largest absolute Gasteiger partial charge is 0.382 e. The van der Waals surface area contributed by atoms with E-state index in [0.29, 0.717) is 32.6 Å². The highest BCUT2D eigenvalue weighted by molar-refractivity contribution is 6.33. The number of imidazole rings is 1. The molecular weight excluding hydrogens is 373 g/mol. The van der Waals surface area contributed by atoms with Gasteiger partial charge in [-0.25, -0.2) is 4.98 Å². The number of benzene rings is 1. The molecule has 0 aliphatic heterocycles. The lowest BCUT2D eigenvalue weighted by Crippen LogP contribution is -2.06. The second-order valence-electron chi connectivity index (χ2n) is 6.05. The van der Waals surface area contributed by atoms with Gasteiger partial charge < -0.3 is 5.11 Å². The molecule has 0 radical (unpaired) electrons. The van der Waals surface area contributed by atoms with Gasteiger partial charge in [0, 0.05) is 40.6 Å². The highest BCUT2D eigenvalue weighted by Crippen LogP contribution is 2.33. The van der Waals surface area contributed by atoms with E-state index >= 15 is 0 Å². The van der Waals surface area contributed by atoms with Gasteiger partial charge in [0.1, 0.15) is 6.10 Å². The molecule has 3 aromatic heterocycles. The first-order valence-electron chi connectivity index (χ1n) is 7.90. The molecule has 6 nitrogen and oxygen atoms in total. The van der Waals surface area contributed by atoms with Crippen LogP contribution in [0.5, 0.6) is 0 Å². The molecule has 132 valence electrons. The van der Waals surface area contributed by atoms with E-state index in [1.807, 2.05) is 30.8 Å². The molecular formula is C18H15Cl2N5O. The molecule has 0 aliphatic carbocycles. The summed E-state index contributed by atoms with van der Waals surface area (Å²) in [7, 11) is 1.85. The molecule has 0 saturated heterocycles. The smallest absolute Gasteiger partial charge is 0.155 e. The summed E-state index contributed by atoms with van der Waals surface area (Å²) < 4.78 is 3.54. The van der Waals surface area contributed by atoms with Gasteiger partial charge in [-0.1, -0.05) is 23.2 Å². The number of aryl methyl sites for hydroxylation is 2. The van der Waals surface area contributed by atoms with E-state index in [2.05, 4.69) is 15.1 Å². The Kier molecular flexibility index (Phi) is 4.19. The Morgan fingerprint density at radius 1 is 1.15 bits per heavy atom. The zero-order valence-electron chi connectivity index (χ0n) is 14.1. The van der Waals surface area contributed by atoms with Gasteiger partial charge in [0.25, 0.3) is 0 Å². The summed E-state index contributed by atoms with van der Waals surface area (Å²) in [5.41, 5.74) is 4.09. The zero-order valence-corrected chi connectivity index (χ0v) is 15.6. The number of aromatic nitrogens is 5. The maximum absolute atomic E-state index is 11.0. The van der Waals surface area contributed by atoms with Crippen molar-refractivity contribution in [1.29, 1.82) is 0 Å². The van der Waals surface area contributed by atoms with Crippen LogP contribution >= 0.6 is 23.2 Å². The average molecular weight is 388 g/mol. The first-order chi connectivity index (χ1) is 12.4. The van der Waals surface area contributed by atoms with Crippen LogP contribution in [0.2, 0.25) is 10.0 Å². The number of aliphatic hydroxyl groups is 1. The number of nitrogens with zero attached hydrogens (tertiary/aromatic N) is 5. The molecule has 8 heteroatoms. The van der Waals surface area contributed by atoms with Gasteiger partial charge in [-0.2, -0.15) is 5.10 Å². The van der Waals surface area contributed by atoms with Gasteiger partial charge in [0.05, 0.1) is 29.5 Å². The number of hydrogen-bond donors (Lipinski definition) is 1. The van der Waals surface area contributed by atoms with Crippen molar-refractivity contribution in [3.05, 3.63) is 70.0 Å². The molecule has 0 fully saturated rings. The van der Waals surface area contributed by atoms with E-state index < -0.39 is 6.10 Å². The summed E-state index contributed by atoms with van der Waals surface area (Å²) in [5, 5.41) is 16.1. The zero-order chi connectivity index (χ0) is 18.4. The normalized spacial score (nSPS) is 12.7. The Hall–Kier alpha value is -2.41. The van der Waals surface area contributed by atoms with Gasteiger partial charge in [0.15, 0.2) is 5.65 Å². The van der Waals surface area contributed by atoms with E-state index in [4.69, 9.17) is 23.2 Å². The summed E-state index contributed by atoms with van der Waals surface area (Å²) in [5.74, 6) is 0. The highest BCUT2D eigenvalue weighted by atomic mass is 35.5. The number of rotatable bonds is 3. The van der Waals surface area contributed by atoms with Crippen LogP contribution in [0.25, 0.3) is 16.9 Å². The maximum atomic E-state index is 11.0. The van der Waals surface area contributed by atoms with Gasteiger partial charge >= 0.3 is 0 Å². The molecule has 0 bridgehead atoms. The van der Waals surface area contributed by atoms with Crippen LogP contribution in [-0.4, -0.2) is 29.3 Å². The van der Waals surface area contributed by atoms with E-state index in [1.54, 1.807) is 35.3 Å². The van der Waals surface area contributed by atoms with Gasteiger partial charge in [0.2, 0.25) is 0 Å². The third kappa shape index (κ3) is 2.86. The molecule has 4 rings (SSSR count). The second-order valence-corrected chi connectivity index (χ2v) is 6.90. The maximum Gasteiger partial charge on any atom is 0.155 e. The third-order valence-electron chi connectivity index (χ3n) is 4.24. The van der Waals surface area contributed by atoms with Gasteiger partial charge in [-0.15, -0.1) is 0 Å². The third-order valence-corrected chi connectivity index (χ3v) is 4.82. The minimum absolute atomic E-state index is 0.442. The predicted molar refractivity (Wildman–Crippen MR) is 100 cm³/mol. The fraction of sp³-hybridized carbons (Fsp3) is 0.167. The van der Waals surface area contributed by atoms with Crippen LogP contribution in [0.3, 0.4) is 0 Å². The van der Waals surface area contributed by atoms with Crippen LogP contribution < -0.4 is 0 Å². The minimum Gasteiger partial charge on any atom is -0.382 e. The van der Waals surface area contributed by atoms with Crippen LogP contribution in [-0.2, 0) is 7.05 Å². The van der Waals surface area contributed by atoms with Crippen molar-refractivity contribution in [1.82, 2.24) is 24.1 Å². The van der Waals surface area contributed by atoms with Crippen molar-refractivity contribution in [2.45, 2.75) is 13.0 Å². The fourth-order valence-corrected chi connectivity index (χ4v) is 3.40. The molecule has 1 aromatic carbocycles. The molecule has 0 amide bonds. The number of hydrogen-bond acceptors (Lipinski definition) is 4. The Labute approximate surface area is 159 Å².